The van der Waals surface area contributed by atoms with Gasteiger partial charge in [0.15, 0.2) is 11.3 Å². The summed E-state index contributed by atoms with van der Waals surface area (Å²) in [5, 5.41) is 1.16. The summed E-state index contributed by atoms with van der Waals surface area (Å²) >= 11 is 0. The summed E-state index contributed by atoms with van der Waals surface area (Å²) in [6.45, 7) is 1.93. The standard InChI is InChI=1S/C15H12O3/c1-9-7-11-14(16)10-5-3-4-6-12(10)18-15(11)13(8-9)17-2/h3-8H,1-2H3. The Morgan fingerprint density at radius 2 is 1.89 bits per heavy atom. The summed E-state index contributed by atoms with van der Waals surface area (Å²) < 4.78 is 11.1. The molecule has 3 rings (SSSR count). The van der Waals surface area contributed by atoms with E-state index in [0.717, 1.165) is 5.56 Å². The Labute approximate surface area is 104 Å². The molecule has 0 N–H and O–H groups in total. The van der Waals surface area contributed by atoms with Crippen molar-refractivity contribution in [2.24, 2.45) is 0 Å². The number of benzene rings is 2. The normalized spacial score (nSPS) is 11.0. The fourth-order valence-electron chi connectivity index (χ4n) is 2.16. The van der Waals surface area contributed by atoms with Gasteiger partial charge in [0, 0.05) is 0 Å². The van der Waals surface area contributed by atoms with Crippen molar-refractivity contribution in [3.8, 4) is 5.75 Å². The fraction of sp³-hybridized carbons (Fsp3) is 0.133. The van der Waals surface area contributed by atoms with Gasteiger partial charge in [-0.1, -0.05) is 12.1 Å². The summed E-state index contributed by atoms with van der Waals surface area (Å²) in [7, 11) is 1.57. The minimum Gasteiger partial charge on any atom is -0.493 e. The summed E-state index contributed by atoms with van der Waals surface area (Å²) in [4.78, 5) is 12.4. The molecule has 18 heavy (non-hydrogen) atoms. The number of ether oxygens (including phenoxy) is 1. The number of aryl methyl sites for hydroxylation is 1. The second-order valence-corrected chi connectivity index (χ2v) is 4.27. The average Bonchev–Trinajstić information content (AvgIpc) is 2.39. The predicted octanol–water partition coefficient (Wildman–Crippen LogP) is 3.26. The number of hydrogen-bond donors (Lipinski definition) is 0. The minimum atomic E-state index is -0.0196. The highest BCUT2D eigenvalue weighted by molar-refractivity contribution is 5.92. The Kier molecular flexibility index (Phi) is 2.33. The quantitative estimate of drug-likeness (QED) is 0.613. The monoisotopic (exact) mass is 240 g/mol. The zero-order valence-electron chi connectivity index (χ0n) is 10.2. The molecule has 0 atom stereocenters. The molecule has 3 aromatic rings. The maximum atomic E-state index is 12.4. The Bertz CT molecular complexity index is 800. The van der Waals surface area contributed by atoms with Gasteiger partial charge < -0.3 is 9.15 Å². The van der Waals surface area contributed by atoms with E-state index >= 15 is 0 Å². The summed E-state index contributed by atoms with van der Waals surface area (Å²) in [6, 6.07) is 10.9. The molecule has 0 unspecified atom stereocenters. The maximum Gasteiger partial charge on any atom is 0.200 e. The van der Waals surface area contributed by atoms with Crippen LogP contribution in [0.3, 0.4) is 0 Å². The van der Waals surface area contributed by atoms with E-state index in [-0.39, 0.29) is 5.43 Å². The largest absolute Gasteiger partial charge is 0.493 e. The van der Waals surface area contributed by atoms with E-state index in [1.165, 1.54) is 0 Å². The van der Waals surface area contributed by atoms with Gasteiger partial charge in [-0.25, -0.2) is 0 Å². The highest BCUT2D eigenvalue weighted by Crippen LogP contribution is 2.28. The van der Waals surface area contributed by atoms with Gasteiger partial charge in [-0.3, -0.25) is 4.79 Å². The first-order valence-corrected chi connectivity index (χ1v) is 5.71. The molecule has 2 aromatic carbocycles. The molecule has 0 saturated heterocycles. The van der Waals surface area contributed by atoms with Crippen LogP contribution in [0.15, 0.2) is 45.6 Å². The third kappa shape index (κ3) is 1.48. The van der Waals surface area contributed by atoms with Crippen molar-refractivity contribution in [3.63, 3.8) is 0 Å². The molecule has 0 amide bonds. The third-order valence-electron chi connectivity index (χ3n) is 3.01. The molecule has 0 aliphatic heterocycles. The van der Waals surface area contributed by atoms with Crippen molar-refractivity contribution in [3.05, 3.63) is 52.2 Å². The van der Waals surface area contributed by atoms with Gasteiger partial charge >= 0.3 is 0 Å². The molecular weight excluding hydrogens is 228 g/mol. The Hall–Kier alpha value is -2.29. The maximum absolute atomic E-state index is 12.4. The summed E-state index contributed by atoms with van der Waals surface area (Å²) in [6.07, 6.45) is 0. The molecule has 3 heteroatoms. The van der Waals surface area contributed by atoms with Crippen LogP contribution in [-0.2, 0) is 0 Å². The lowest BCUT2D eigenvalue weighted by molar-refractivity contribution is 0.411. The molecule has 0 radical (unpaired) electrons. The molecule has 1 aromatic heterocycles. The lowest BCUT2D eigenvalue weighted by Crippen LogP contribution is -2.03. The lowest BCUT2D eigenvalue weighted by Gasteiger charge is -2.07. The van der Waals surface area contributed by atoms with E-state index in [1.807, 2.05) is 31.2 Å². The van der Waals surface area contributed by atoms with Gasteiger partial charge in [0.05, 0.1) is 17.9 Å². The third-order valence-corrected chi connectivity index (χ3v) is 3.01. The average molecular weight is 240 g/mol. The van der Waals surface area contributed by atoms with Crippen LogP contribution in [0.25, 0.3) is 21.9 Å². The zero-order valence-corrected chi connectivity index (χ0v) is 10.2. The van der Waals surface area contributed by atoms with E-state index in [2.05, 4.69) is 0 Å². The molecular formula is C15H12O3. The van der Waals surface area contributed by atoms with Gasteiger partial charge in [0.1, 0.15) is 5.58 Å². The molecule has 1 heterocycles. The molecule has 0 fully saturated rings. The van der Waals surface area contributed by atoms with Crippen LogP contribution in [-0.4, -0.2) is 7.11 Å². The Balaban J connectivity index is 2.59. The molecule has 0 aliphatic carbocycles. The topological polar surface area (TPSA) is 39.4 Å². The van der Waals surface area contributed by atoms with Gasteiger partial charge in [0.2, 0.25) is 5.43 Å². The number of hydrogen-bond acceptors (Lipinski definition) is 3. The second-order valence-electron chi connectivity index (χ2n) is 4.27. The highest BCUT2D eigenvalue weighted by Gasteiger charge is 2.11. The number of para-hydroxylation sites is 1. The van der Waals surface area contributed by atoms with Crippen LogP contribution in [0.4, 0.5) is 0 Å². The number of fused-ring (bicyclic) bond motifs is 2. The second kappa shape index (κ2) is 3.88. The predicted molar refractivity (Wildman–Crippen MR) is 71.3 cm³/mol. The lowest BCUT2D eigenvalue weighted by atomic mass is 10.1. The zero-order chi connectivity index (χ0) is 12.7. The summed E-state index contributed by atoms with van der Waals surface area (Å²) in [5.41, 5.74) is 2.04. The van der Waals surface area contributed by atoms with E-state index in [4.69, 9.17) is 9.15 Å². The van der Waals surface area contributed by atoms with Crippen LogP contribution >= 0.6 is 0 Å². The summed E-state index contributed by atoms with van der Waals surface area (Å²) in [5.74, 6) is 0.591. The van der Waals surface area contributed by atoms with Gasteiger partial charge in [0.25, 0.3) is 0 Å². The van der Waals surface area contributed by atoms with Crippen molar-refractivity contribution in [1.82, 2.24) is 0 Å². The first kappa shape index (κ1) is 10.8. The highest BCUT2D eigenvalue weighted by atomic mass is 16.5. The van der Waals surface area contributed by atoms with Crippen molar-refractivity contribution in [1.29, 1.82) is 0 Å². The van der Waals surface area contributed by atoms with Crippen LogP contribution in [0.5, 0.6) is 5.75 Å². The molecule has 0 saturated carbocycles. The van der Waals surface area contributed by atoms with Crippen LogP contribution < -0.4 is 10.2 Å². The van der Waals surface area contributed by atoms with E-state index in [9.17, 15) is 4.79 Å². The van der Waals surface area contributed by atoms with Crippen molar-refractivity contribution in [2.75, 3.05) is 7.11 Å². The fourth-order valence-corrected chi connectivity index (χ4v) is 2.16. The Morgan fingerprint density at radius 1 is 1.11 bits per heavy atom. The SMILES string of the molecule is COc1cc(C)cc2c(=O)c3ccccc3oc12. The van der Waals surface area contributed by atoms with Crippen molar-refractivity contribution < 1.29 is 9.15 Å². The molecule has 0 spiro atoms. The van der Waals surface area contributed by atoms with Crippen LogP contribution in [0.1, 0.15) is 5.56 Å². The number of methoxy groups -OCH3 is 1. The van der Waals surface area contributed by atoms with Gasteiger partial charge in [-0.05, 0) is 36.8 Å². The van der Waals surface area contributed by atoms with E-state index in [1.54, 1.807) is 19.2 Å². The Morgan fingerprint density at radius 3 is 2.67 bits per heavy atom. The van der Waals surface area contributed by atoms with Crippen LogP contribution in [0.2, 0.25) is 0 Å². The molecule has 3 nitrogen and oxygen atoms in total. The first-order chi connectivity index (χ1) is 8.70. The molecule has 0 bridgehead atoms. The van der Waals surface area contributed by atoms with E-state index < -0.39 is 0 Å². The van der Waals surface area contributed by atoms with Crippen molar-refractivity contribution >= 4 is 21.9 Å². The molecule has 0 aliphatic rings. The van der Waals surface area contributed by atoms with Crippen LogP contribution in [0, 0.1) is 6.92 Å². The van der Waals surface area contributed by atoms with Gasteiger partial charge in [-0.2, -0.15) is 0 Å². The van der Waals surface area contributed by atoms with Crippen molar-refractivity contribution in [2.45, 2.75) is 6.92 Å². The van der Waals surface area contributed by atoms with Gasteiger partial charge in [-0.15, -0.1) is 0 Å². The minimum absolute atomic E-state index is 0.0196. The van der Waals surface area contributed by atoms with E-state index in [0.29, 0.717) is 27.7 Å². The smallest absolute Gasteiger partial charge is 0.200 e. The molecule has 90 valence electrons. The first-order valence-electron chi connectivity index (χ1n) is 5.71. The number of rotatable bonds is 1.